The fraction of sp³-hybridized carbons (Fsp3) is 0.0638. The Morgan fingerprint density at radius 2 is 1.10 bits per heavy atom. The fourth-order valence-corrected chi connectivity index (χ4v) is 9.31. The van der Waals surface area contributed by atoms with Crippen LogP contribution in [0.4, 0.5) is 17.1 Å². The predicted octanol–water partition coefficient (Wildman–Crippen LogP) is 13.1. The van der Waals surface area contributed by atoms with Crippen LogP contribution in [0.1, 0.15) is 25.0 Å². The minimum absolute atomic E-state index is 0.216. The van der Waals surface area contributed by atoms with Crippen molar-refractivity contribution in [3.8, 4) is 33.9 Å². The average Bonchev–Trinajstić information content (AvgIpc) is 3.59. The van der Waals surface area contributed by atoms with Crippen LogP contribution in [-0.4, -0.2) is 9.97 Å². The molecule has 2 aromatic heterocycles. The van der Waals surface area contributed by atoms with E-state index in [1.54, 1.807) is 0 Å². The third-order valence-electron chi connectivity index (χ3n) is 10.4. The zero-order chi connectivity index (χ0) is 34.1. The second-order valence-electron chi connectivity index (χ2n) is 13.8. The maximum absolute atomic E-state index is 5.11. The van der Waals surface area contributed by atoms with E-state index in [-0.39, 0.29) is 5.41 Å². The van der Waals surface area contributed by atoms with E-state index in [1.165, 1.54) is 53.4 Å². The molecule has 0 radical (unpaired) electrons. The number of thiophene rings is 1. The lowest BCUT2D eigenvalue weighted by Crippen LogP contribution is -2.31. The van der Waals surface area contributed by atoms with Crippen LogP contribution in [0.25, 0.3) is 64.8 Å². The number of benzene rings is 7. The maximum atomic E-state index is 5.11. The molecule has 0 amide bonds. The Hall–Kier alpha value is -6.10. The normalized spacial score (nSPS) is 13.4. The second-order valence-corrected chi connectivity index (χ2v) is 14.8. The van der Waals surface area contributed by atoms with Crippen LogP contribution >= 0.6 is 11.3 Å². The molecule has 7 aromatic carbocycles. The zero-order valence-corrected chi connectivity index (χ0v) is 29.2. The summed E-state index contributed by atoms with van der Waals surface area (Å²) in [5.74, 6) is 0.709. The molecule has 0 spiro atoms. The quantitative estimate of drug-likeness (QED) is 0.186. The number of para-hydroxylation sites is 1. The summed E-state index contributed by atoms with van der Waals surface area (Å²) in [6, 6.07) is 58.4. The number of nitrogens with zero attached hydrogens (tertiary/aromatic N) is 3. The van der Waals surface area contributed by atoms with Gasteiger partial charge in [-0.1, -0.05) is 135 Å². The van der Waals surface area contributed by atoms with Crippen LogP contribution in [0, 0.1) is 0 Å². The van der Waals surface area contributed by atoms with E-state index in [2.05, 4.69) is 170 Å². The van der Waals surface area contributed by atoms with Gasteiger partial charge in [-0.15, -0.1) is 11.3 Å². The van der Waals surface area contributed by atoms with Gasteiger partial charge in [0.25, 0.3) is 0 Å². The lowest BCUT2D eigenvalue weighted by Gasteiger charge is -2.43. The minimum atomic E-state index is -0.216. The molecule has 3 heterocycles. The van der Waals surface area contributed by atoms with Crippen molar-refractivity contribution >= 4 is 59.3 Å². The molecule has 9 aromatic rings. The van der Waals surface area contributed by atoms with Gasteiger partial charge >= 0.3 is 0 Å². The summed E-state index contributed by atoms with van der Waals surface area (Å²) in [6.07, 6.45) is 0. The maximum Gasteiger partial charge on any atom is 0.160 e. The highest BCUT2D eigenvalue weighted by atomic mass is 32.1. The summed E-state index contributed by atoms with van der Waals surface area (Å²) in [5, 5.41) is 5.27. The Morgan fingerprint density at radius 3 is 1.78 bits per heavy atom. The number of fused-ring (bicyclic) bond motifs is 9. The van der Waals surface area contributed by atoms with E-state index in [1.807, 2.05) is 23.5 Å². The van der Waals surface area contributed by atoms with E-state index in [4.69, 9.17) is 9.97 Å². The number of aromatic nitrogens is 2. The van der Waals surface area contributed by atoms with Crippen LogP contribution < -0.4 is 4.90 Å². The van der Waals surface area contributed by atoms with E-state index in [0.717, 1.165) is 33.8 Å². The van der Waals surface area contributed by atoms with Crippen molar-refractivity contribution in [1.29, 1.82) is 0 Å². The van der Waals surface area contributed by atoms with Gasteiger partial charge in [0, 0.05) is 43.3 Å². The zero-order valence-electron chi connectivity index (χ0n) is 28.3. The highest BCUT2D eigenvalue weighted by molar-refractivity contribution is 7.26. The van der Waals surface area contributed by atoms with Crippen molar-refractivity contribution < 1.29 is 0 Å². The molecule has 0 unspecified atom stereocenters. The predicted molar refractivity (Wildman–Crippen MR) is 216 cm³/mol. The third kappa shape index (κ3) is 4.64. The lowest BCUT2D eigenvalue weighted by atomic mass is 9.71. The van der Waals surface area contributed by atoms with E-state index >= 15 is 0 Å². The topological polar surface area (TPSA) is 29.0 Å². The van der Waals surface area contributed by atoms with E-state index in [0.29, 0.717) is 5.82 Å². The average molecular weight is 672 g/mol. The Morgan fingerprint density at radius 1 is 0.529 bits per heavy atom. The first kappa shape index (κ1) is 29.8. The number of hydrogen-bond acceptors (Lipinski definition) is 4. The smallest absolute Gasteiger partial charge is 0.160 e. The molecule has 0 aliphatic carbocycles. The van der Waals surface area contributed by atoms with Crippen LogP contribution in [0.15, 0.2) is 164 Å². The van der Waals surface area contributed by atoms with Gasteiger partial charge in [-0.2, -0.15) is 0 Å². The van der Waals surface area contributed by atoms with E-state index in [9.17, 15) is 0 Å². The molecule has 1 aliphatic heterocycles. The molecule has 0 saturated carbocycles. The minimum Gasteiger partial charge on any atom is -0.308 e. The highest BCUT2D eigenvalue weighted by Crippen LogP contribution is 2.58. The van der Waals surface area contributed by atoms with Gasteiger partial charge in [0.2, 0.25) is 0 Å². The van der Waals surface area contributed by atoms with E-state index < -0.39 is 0 Å². The van der Waals surface area contributed by atoms with Gasteiger partial charge < -0.3 is 4.90 Å². The largest absolute Gasteiger partial charge is 0.308 e. The van der Waals surface area contributed by atoms with Gasteiger partial charge in [0.05, 0.1) is 27.5 Å². The molecule has 0 bridgehead atoms. The first-order valence-corrected chi connectivity index (χ1v) is 18.2. The summed E-state index contributed by atoms with van der Waals surface area (Å²) in [7, 11) is 0. The highest BCUT2D eigenvalue weighted by Gasteiger charge is 2.40. The summed E-state index contributed by atoms with van der Waals surface area (Å²) >= 11 is 1.90. The second kappa shape index (κ2) is 11.5. The molecule has 0 atom stereocenters. The molecule has 0 saturated heterocycles. The Balaban J connectivity index is 1.20. The van der Waals surface area contributed by atoms with Crippen molar-refractivity contribution in [2.45, 2.75) is 19.3 Å². The van der Waals surface area contributed by atoms with Crippen LogP contribution in [-0.2, 0) is 5.41 Å². The Kier molecular flexibility index (Phi) is 6.70. The Bertz CT molecular complexity index is 2710. The molecule has 10 rings (SSSR count). The molecule has 3 nitrogen and oxygen atoms in total. The standard InChI is InChI=1S/C47H33N3S/c1-47(2)37-22-12-13-23-40(37)50(44-43(47)35-20-10-9-19-34(35)42-36-21-11-14-24-41(36)51-45(42)44)33-27-25-32(26-28-33)46-48-38(30-15-5-3-6-16-30)29-39(49-46)31-17-7-4-8-18-31/h3-29H,1-2H3. The summed E-state index contributed by atoms with van der Waals surface area (Å²) in [4.78, 5) is 12.7. The van der Waals surface area contributed by atoms with Crippen molar-refractivity contribution in [2.24, 2.45) is 0 Å². The molecule has 51 heavy (non-hydrogen) atoms. The van der Waals surface area contributed by atoms with Gasteiger partial charge in [0.15, 0.2) is 5.82 Å². The fourth-order valence-electron chi connectivity index (χ4n) is 8.06. The van der Waals surface area contributed by atoms with Crippen molar-refractivity contribution in [3.63, 3.8) is 0 Å². The van der Waals surface area contributed by atoms with Crippen LogP contribution in [0.2, 0.25) is 0 Å². The number of anilines is 3. The lowest BCUT2D eigenvalue weighted by molar-refractivity contribution is 0.639. The van der Waals surface area contributed by atoms with Crippen LogP contribution in [0.5, 0.6) is 0 Å². The molecule has 242 valence electrons. The summed E-state index contributed by atoms with van der Waals surface area (Å²) in [6.45, 7) is 4.77. The molecule has 1 aliphatic rings. The van der Waals surface area contributed by atoms with Gasteiger partial charge in [-0.25, -0.2) is 9.97 Å². The van der Waals surface area contributed by atoms with Crippen LogP contribution in [0.3, 0.4) is 0 Å². The molecule has 0 fully saturated rings. The summed E-state index contributed by atoms with van der Waals surface area (Å²) in [5.41, 5.74) is 11.0. The van der Waals surface area contributed by atoms with Gasteiger partial charge in [-0.05, 0) is 64.4 Å². The molecule has 0 N–H and O–H groups in total. The molecule has 4 heteroatoms. The first-order valence-electron chi connectivity index (χ1n) is 17.4. The van der Waals surface area contributed by atoms with Gasteiger partial charge in [-0.3, -0.25) is 0 Å². The third-order valence-corrected chi connectivity index (χ3v) is 11.6. The Labute approximate surface area is 301 Å². The first-order chi connectivity index (χ1) is 25.1. The SMILES string of the molecule is CC1(C)c2ccccc2N(c2ccc(-c3nc(-c4ccccc4)cc(-c4ccccc4)n3)cc2)c2c1c1ccccc1c1c2sc2ccccc21. The monoisotopic (exact) mass is 671 g/mol. The summed E-state index contributed by atoms with van der Waals surface area (Å²) < 4.78 is 2.63. The van der Waals surface area contributed by atoms with Gasteiger partial charge in [0.1, 0.15) is 0 Å². The number of rotatable bonds is 4. The number of hydrogen-bond donors (Lipinski definition) is 0. The molecular formula is C47H33N3S. The van der Waals surface area contributed by atoms with Crippen molar-refractivity contribution in [1.82, 2.24) is 9.97 Å². The van der Waals surface area contributed by atoms with Crippen molar-refractivity contribution in [3.05, 3.63) is 175 Å². The van der Waals surface area contributed by atoms with Crippen molar-refractivity contribution in [2.75, 3.05) is 4.90 Å². The molecular weight excluding hydrogens is 639 g/mol.